The van der Waals surface area contributed by atoms with E-state index < -0.39 is 0 Å². The summed E-state index contributed by atoms with van der Waals surface area (Å²) in [5.41, 5.74) is 0. The molecule has 3 heteroatoms. The van der Waals surface area contributed by atoms with Gasteiger partial charge in [-0.1, -0.05) is 39.5 Å². The summed E-state index contributed by atoms with van der Waals surface area (Å²) in [5.74, 6) is 0.210. The molecule has 15 heavy (non-hydrogen) atoms. The van der Waals surface area contributed by atoms with Gasteiger partial charge < -0.3 is 4.90 Å². The number of hydrogen-bond donors (Lipinski definition) is 0. The van der Waals surface area contributed by atoms with Crippen LogP contribution >= 0.6 is 11.6 Å². The lowest BCUT2D eigenvalue weighted by Crippen LogP contribution is -2.33. The van der Waals surface area contributed by atoms with Gasteiger partial charge in [-0.05, 0) is 12.8 Å². The molecule has 0 aromatic heterocycles. The van der Waals surface area contributed by atoms with Crippen LogP contribution in [0.1, 0.15) is 52.4 Å². The van der Waals surface area contributed by atoms with Gasteiger partial charge in [0.2, 0.25) is 5.91 Å². The summed E-state index contributed by atoms with van der Waals surface area (Å²) < 4.78 is 0. The maximum absolute atomic E-state index is 11.5. The summed E-state index contributed by atoms with van der Waals surface area (Å²) >= 11 is 5.58. The summed E-state index contributed by atoms with van der Waals surface area (Å²) in [4.78, 5) is 13.4. The molecule has 0 bridgehead atoms. The van der Waals surface area contributed by atoms with Gasteiger partial charge in [0.05, 0.1) is 0 Å². The molecule has 0 saturated heterocycles. The first-order valence-electron chi connectivity index (χ1n) is 6.10. The van der Waals surface area contributed by atoms with Crippen LogP contribution in [0, 0.1) is 0 Å². The van der Waals surface area contributed by atoms with Crippen molar-refractivity contribution in [3.63, 3.8) is 0 Å². The average Bonchev–Trinajstić information content (AvgIpc) is 2.26. The Morgan fingerprint density at radius 2 is 1.47 bits per heavy atom. The normalized spacial score (nSPS) is 10.3. The minimum absolute atomic E-state index is 0.0869. The standard InChI is InChI=1S/C12H24ClNO/c1-3-5-7-9-14(12(15)11-13)10-8-6-4-2/h3-11H2,1-2H3. The molecular formula is C12H24ClNO. The molecule has 0 aromatic carbocycles. The highest BCUT2D eigenvalue weighted by molar-refractivity contribution is 6.27. The smallest absolute Gasteiger partial charge is 0.237 e. The van der Waals surface area contributed by atoms with Crippen molar-refractivity contribution in [2.24, 2.45) is 0 Å². The van der Waals surface area contributed by atoms with Crippen molar-refractivity contribution >= 4 is 17.5 Å². The quantitative estimate of drug-likeness (QED) is 0.441. The molecule has 0 unspecified atom stereocenters. The van der Waals surface area contributed by atoms with Crippen molar-refractivity contribution in [1.29, 1.82) is 0 Å². The van der Waals surface area contributed by atoms with Gasteiger partial charge >= 0.3 is 0 Å². The van der Waals surface area contributed by atoms with E-state index in [1.807, 2.05) is 4.90 Å². The molecule has 0 aliphatic rings. The number of carbonyl (C=O) groups is 1. The van der Waals surface area contributed by atoms with Gasteiger partial charge in [-0.2, -0.15) is 0 Å². The highest BCUT2D eigenvalue weighted by Crippen LogP contribution is 2.03. The number of rotatable bonds is 9. The Bertz CT molecular complexity index is 152. The first-order valence-corrected chi connectivity index (χ1v) is 6.63. The first-order chi connectivity index (χ1) is 7.26. The highest BCUT2D eigenvalue weighted by atomic mass is 35.5. The minimum atomic E-state index is 0.0869. The maximum atomic E-state index is 11.5. The molecule has 90 valence electrons. The van der Waals surface area contributed by atoms with Gasteiger partial charge in [-0.15, -0.1) is 11.6 Å². The molecule has 0 N–H and O–H groups in total. The highest BCUT2D eigenvalue weighted by Gasteiger charge is 2.10. The Morgan fingerprint density at radius 3 is 1.80 bits per heavy atom. The van der Waals surface area contributed by atoms with Gasteiger partial charge in [0.15, 0.2) is 0 Å². The fourth-order valence-electron chi connectivity index (χ4n) is 1.55. The molecule has 0 atom stereocenters. The van der Waals surface area contributed by atoms with E-state index in [0.717, 1.165) is 25.9 Å². The SMILES string of the molecule is CCCCCN(CCCCC)C(=O)CCl. The molecule has 2 nitrogen and oxygen atoms in total. The van der Waals surface area contributed by atoms with Crippen molar-refractivity contribution in [3.8, 4) is 0 Å². The molecule has 1 amide bonds. The van der Waals surface area contributed by atoms with Gasteiger partial charge in [-0.25, -0.2) is 0 Å². The largest absolute Gasteiger partial charge is 0.342 e. The van der Waals surface area contributed by atoms with Crippen LogP contribution in [0.2, 0.25) is 0 Å². The van der Waals surface area contributed by atoms with E-state index in [1.54, 1.807) is 0 Å². The molecule has 0 heterocycles. The van der Waals surface area contributed by atoms with Gasteiger partial charge in [-0.3, -0.25) is 4.79 Å². The van der Waals surface area contributed by atoms with E-state index in [0.29, 0.717) is 0 Å². The third-order valence-electron chi connectivity index (χ3n) is 2.53. The predicted molar refractivity (Wildman–Crippen MR) is 66.4 cm³/mol. The molecule has 0 spiro atoms. The molecule has 0 saturated carbocycles. The van der Waals surface area contributed by atoms with E-state index in [4.69, 9.17) is 11.6 Å². The lowest BCUT2D eigenvalue weighted by Gasteiger charge is -2.21. The topological polar surface area (TPSA) is 20.3 Å². The van der Waals surface area contributed by atoms with Crippen LogP contribution in [0.4, 0.5) is 0 Å². The monoisotopic (exact) mass is 233 g/mol. The Kier molecular flexibility index (Phi) is 10.1. The van der Waals surface area contributed by atoms with Crippen LogP contribution in [-0.2, 0) is 4.79 Å². The number of hydrogen-bond acceptors (Lipinski definition) is 1. The Morgan fingerprint density at radius 1 is 1.00 bits per heavy atom. The Hall–Kier alpha value is -0.240. The number of unbranched alkanes of at least 4 members (excludes halogenated alkanes) is 4. The lowest BCUT2D eigenvalue weighted by molar-refractivity contribution is -0.128. The second-order valence-electron chi connectivity index (χ2n) is 3.93. The van der Waals surface area contributed by atoms with Crippen LogP contribution in [0.15, 0.2) is 0 Å². The van der Waals surface area contributed by atoms with Crippen molar-refractivity contribution in [1.82, 2.24) is 4.90 Å². The molecule has 0 radical (unpaired) electrons. The number of halogens is 1. The number of nitrogens with zero attached hydrogens (tertiary/aromatic N) is 1. The summed E-state index contributed by atoms with van der Waals surface area (Å²) in [6.45, 7) is 6.10. The fourth-order valence-corrected chi connectivity index (χ4v) is 1.72. The Balaban J connectivity index is 3.79. The molecule has 0 fully saturated rings. The molecule has 0 aliphatic carbocycles. The van der Waals surface area contributed by atoms with Crippen molar-refractivity contribution in [2.45, 2.75) is 52.4 Å². The minimum Gasteiger partial charge on any atom is -0.342 e. The number of alkyl halides is 1. The average molecular weight is 234 g/mol. The fraction of sp³-hybridized carbons (Fsp3) is 0.917. The van der Waals surface area contributed by atoms with Crippen LogP contribution < -0.4 is 0 Å². The summed E-state index contributed by atoms with van der Waals surface area (Å²) in [6.07, 6.45) is 6.98. The van der Waals surface area contributed by atoms with Crippen LogP contribution in [0.5, 0.6) is 0 Å². The van der Waals surface area contributed by atoms with Crippen molar-refractivity contribution in [2.75, 3.05) is 19.0 Å². The molecule has 0 rings (SSSR count). The first kappa shape index (κ1) is 14.8. The molecule has 0 aromatic rings. The predicted octanol–water partition coefficient (Wildman–Crippen LogP) is 3.43. The lowest BCUT2D eigenvalue weighted by atomic mass is 10.2. The van der Waals surface area contributed by atoms with Crippen LogP contribution in [0.3, 0.4) is 0 Å². The summed E-state index contributed by atoms with van der Waals surface area (Å²) in [7, 11) is 0. The molecule has 0 aliphatic heterocycles. The van der Waals surface area contributed by atoms with Crippen molar-refractivity contribution < 1.29 is 4.79 Å². The van der Waals surface area contributed by atoms with Gasteiger partial charge in [0, 0.05) is 13.1 Å². The second-order valence-corrected chi connectivity index (χ2v) is 4.20. The van der Waals surface area contributed by atoms with E-state index in [1.165, 1.54) is 25.7 Å². The van der Waals surface area contributed by atoms with Gasteiger partial charge in [0.1, 0.15) is 5.88 Å². The van der Waals surface area contributed by atoms with Crippen LogP contribution in [-0.4, -0.2) is 29.8 Å². The number of carbonyl (C=O) groups excluding carboxylic acids is 1. The third kappa shape index (κ3) is 7.66. The Labute approximate surface area is 99.0 Å². The molecular weight excluding hydrogens is 210 g/mol. The van der Waals surface area contributed by atoms with E-state index in [2.05, 4.69) is 13.8 Å². The van der Waals surface area contributed by atoms with E-state index in [9.17, 15) is 4.79 Å². The maximum Gasteiger partial charge on any atom is 0.237 e. The van der Waals surface area contributed by atoms with E-state index in [-0.39, 0.29) is 11.8 Å². The van der Waals surface area contributed by atoms with E-state index >= 15 is 0 Å². The third-order valence-corrected chi connectivity index (χ3v) is 2.76. The van der Waals surface area contributed by atoms with Gasteiger partial charge in [0.25, 0.3) is 0 Å². The number of amides is 1. The summed E-state index contributed by atoms with van der Waals surface area (Å²) in [6, 6.07) is 0. The zero-order valence-corrected chi connectivity index (χ0v) is 10.9. The zero-order chi connectivity index (χ0) is 11.5. The van der Waals surface area contributed by atoms with Crippen LogP contribution in [0.25, 0.3) is 0 Å². The zero-order valence-electron chi connectivity index (χ0n) is 10.1. The summed E-state index contributed by atoms with van der Waals surface area (Å²) in [5, 5.41) is 0. The second kappa shape index (κ2) is 10.3. The van der Waals surface area contributed by atoms with Crippen molar-refractivity contribution in [3.05, 3.63) is 0 Å².